The minimum absolute atomic E-state index is 0.0314. The van der Waals surface area contributed by atoms with Crippen LogP contribution in [0.25, 0.3) is 5.69 Å². The Morgan fingerprint density at radius 2 is 1.84 bits per heavy atom. The molecule has 132 valence electrons. The highest BCUT2D eigenvalue weighted by atomic mass is 35.5. The van der Waals surface area contributed by atoms with Crippen molar-refractivity contribution in [3.63, 3.8) is 0 Å². The minimum atomic E-state index is -1.35. The zero-order valence-corrected chi connectivity index (χ0v) is 14.0. The average Bonchev–Trinajstić information content (AvgIpc) is 2.59. The number of benzene rings is 1. The van der Waals surface area contributed by atoms with Gasteiger partial charge in [0.15, 0.2) is 0 Å². The molecule has 25 heavy (non-hydrogen) atoms. The first-order valence-electron chi connectivity index (χ1n) is 7.65. The van der Waals surface area contributed by atoms with E-state index in [0.29, 0.717) is 37.0 Å². The Bertz CT molecular complexity index is 897. The van der Waals surface area contributed by atoms with Crippen molar-refractivity contribution >= 4 is 17.6 Å². The summed E-state index contributed by atoms with van der Waals surface area (Å²) in [6.45, 7) is 2.31. The van der Waals surface area contributed by atoms with Crippen molar-refractivity contribution in [3.05, 3.63) is 61.4 Å². The molecule has 0 spiro atoms. The molecule has 0 aliphatic carbocycles. The molecule has 1 aliphatic rings. The predicted octanol–water partition coefficient (Wildman–Crippen LogP) is 0.710. The molecular weight excluding hydrogens is 350 g/mol. The second-order valence-corrected chi connectivity index (χ2v) is 6.03. The lowest BCUT2D eigenvalue weighted by Gasteiger charge is -2.26. The molecule has 0 bridgehead atoms. The molecule has 2 N–H and O–H groups in total. The van der Waals surface area contributed by atoms with Gasteiger partial charge in [-0.3, -0.25) is 9.69 Å². The van der Waals surface area contributed by atoms with E-state index >= 15 is 0 Å². The lowest BCUT2D eigenvalue weighted by Crippen LogP contribution is -2.42. The summed E-state index contributed by atoms with van der Waals surface area (Å²) in [4.78, 5) is 40.8. The van der Waals surface area contributed by atoms with Crippen LogP contribution < -0.4 is 11.2 Å². The Hall–Kier alpha value is -2.42. The van der Waals surface area contributed by atoms with Gasteiger partial charge in [0.05, 0.1) is 24.5 Å². The van der Waals surface area contributed by atoms with Crippen LogP contribution in [-0.2, 0) is 11.3 Å². The van der Waals surface area contributed by atoms with Crippen LogP contribution in [0.15, 0.2) is 33.9 Å². The Balaban J connectivity index is 2.12. The number of carboxylic acid groups (broad SMARTS) is 1. The van der Waals surface area contributed by atoms with E-state index in [1.165, 1.54) is 12.1 Å². The van der Waals surface area contributed by atoms with Crippen molar-refractivity contribution in [3.8, 4) is 5.69 Å². The van der Waals surface area contributed by atoms with Gasteiger partial charge in [0.1, 0.15) is 5.69 Å². The Morgan fingerprint density at radius 1 is 1.20 bits per heavy atom. The van der Waals surface area contributed by atoms with Gasteiger partial charge >= 0.3 is 11.7 Å². The summed E-state index contributed by atoms with van der Waals surface area (Å²) in [7, 11) is 0. The van der Waals surface area contributed by atoms with Crippen LogP contribution in [-0.4, -0.2) is 51.8 Å². The Kier molecular flexibility index (Phi) is 5.03. The van der Waals surface area contributed by atoms with E-state index in [0.717, 1.165) is 4.57 Å². The topological polar surface area (TPSA) is 105 Å². The molecule has 1 fully saturated rings. The standard InChI is InChI=1S/C16H16ClN3O5/c17-10-1-3-11(4-2-10)20-14(21)12(9-19-5-7-25-8-6-19)13(15(22)23)18-16(20)24/h1-4H,5-9H2,(H,18,24)(H,22,23). The smallest absolute Gasteiger partial charge is 0.352 e. The van der Waals surface area contributed by atoms with Gasteiger partial charge in [-0.05, 0) is 24.3 Å². The van der Waals surface area contributed by atoms with E-state index in [1.807, 2.05) is 4.90 Å². The number of carboxylic acids is 1. The number of ether oxygens (including phenoxy) is 1. The van der Waals surface area contributed by atoms with Gasteiger partial charge in [-0.25, -0.2) is 14.2 Å². The molecule has 0 unspecified atom stereocenters. The zero-order chi connectivity index (χ0) is 18.0. The average molecular weight is 366 g/mol. The van der Waals surface area contributed by atoms with Crippen LogP contribution >= 0.6 is 11.6 Å². The lowest BCUT2D eigenvalue weighted by atomic mass is 10.2. The van der Waals surface area contributed by atoms with Gasteiger partial charge in [0.2, 0.25) is 0 Å². The summed E-state index contributed by atoms with van der Waals surface area (Å²) < 4.78 is 6.17. The molecule has 8 nitrogen and oxygen atoms in total. The first-order chi connectivity index (χ1) is 12.0. The fourth-order valence-corrected chi connectivity index (χ4v) is 2.84. The molecule has 0 radical (unpaired) electrons. The normalized spacial score (nSPS) is 15.2. The molecular formula is C16H16ClN3O5. The van der Waals surface area contributed by atoms with E-state index in [9.17, 15) is 19.5 Å². The summed E-state index contributed by atoms with van der Waals surface area (Å²) >= 11 is 5.84. The number of nitrogens with one attached hydrogen (secondary N) is 1. The number of morpholine rings is 1. The molecule has 1 aliphatic heterocycles. The van der Waals surface area contributed by atoms with Gasteiger partial charge in [-0.15, -0.1) is 0 Å². The first kappa shape index (κ1) is 17.4. The number of carbonyl (C=O) groups is 1. The molecule has 1 aromatic carbocycles. The SMILES string of the molecule is O=C(O)c1[nH]c(=O)n(-c2ccc(Cl)cc2)c(=O)c1CN1CCOCC1. The third-order valence-electron chi connectivity index (χ3n) is 3.98. The van der Waals surface area contributed by atoms with Crippen molar-refractivity contribution < 1.29 is 14.6 Å². The molecule has 0 atom stereocenters. The van der Waals surface area contributed by atoms with Crippen molar-refractivity contribution in [2.75, 3.05) is 26.3 Å². The number of hydrogen-bond acceptors (Lipinski definition) is 5. The second kappa shape index (κ2) is 7.22. The number of rotatable bonds is 4. The number of aromatic amines is 1. The van der Waals surface area contributed by atoms with Crippen molar-refractivity contribution in [2.45, 2.75) is 6.54 Å². The lowest BCUT2D eigenvalue weighted by molar-refractivity contribution is 0.0336. The van der Waals surface area contributed by atoms with Crippen LogP contribution in [0.3, 0.4) is 0 Å². The third kappa shape index (κ3) is 3.65. The van der Waals surface area contributed by atoms with E-state index < -0.39 is 17.2 Å². The molecule has 0 saturated carbocycles. The highest BCUT2D eigenvalue weighted by molar-refractivity contribution is 6.30. The van der Waals surface area contributed by atoms with Crippen molar-refractivity contribution in [2.24, 2.45) is 0 Å². The van der Waals surface area contributed by atoms with Crippen LogP contribution in [0.1, 0.15) is 16.1 Å². The summed E-state index contributed by atoms with van der Waals surface area (Å²) in [5, 5.41) is 9.82. The van der Waals surface area contributed by atoms with Gasteiger partial charge < -0.3 is 14.8 Å². The van der Waals surface area contributed by atoms with Gasteiger partial charge in [-0.2, -0.15) is 0 Å². The van der Waals surface area contributed by atoms with E-state index in [4.69, 9.17) is 16.3 Å². The Morgan fingerprint density at radius 3 is 2.44 bits per heavy atom. The van der Waals surface area contributed by atoms with E-state index in [2.05, 4.69) is 4.98 Å². The number of hydrogen-bond donors (Lipinski definition) is 2. The molecule has 0 amide bonds. The monoisotopic (exact) mass is 365 g/mol. The third-order valence-corrected chi connectivity index (χ3v) is 4.23. The number of aromatic nitrogens is 2. The number of halogens is 1. The molecule has 2 heterocycles. The van der Waals surface area contributed by atoms with Crippen LogP contribution in [0.2, 0.25) is 5.02 Å². The van der Waals surface area contributed by atoms with Gasteiger partial charge in [-0.1, -0.05) is 11.6 Å². The van der Waals surface area contributed by atoms with Gasteiger partial charge in [0.25, 0.3) is 5.56 Å². The maximum Gasteiger partial charge on any atom is 0.352 e. The first-order valence-corrected chi connectivity index (χ1v) is 8.02. The fraction of sp³-hybridized carbons (Fsp3) is 0.312. The molecule has 1 saturated heterocycles. The summed E-state index contributed by atoms with van der Waals surface area (Å²) in [6, 6.07) is 6.15. The highest BCUT2D eigenvalue weighted by Crippen LogP contribution is 2.12. The van der Waals surface area contributed by atoms with Crippen LogP contribution in [0, 0.1) is 0 Å². The maximum absolute atomic E-state index is 12.9. The predicted molar refractivity (Wildman–Crippen MR) is 90.7 cm³/mol. The minimum Gasteiger partial charge on any atom is -0.477 e. The molecule has 3 rings (SSSR count). The van der Waals surface area contributed by atoms with E-state index in [1.54, 1.807) is 12.1 Å². The summed E-state index contributed by atoms with van der Waals surface area (Å²) in [5.41, 5.74) is -1.50. The fourth-order valence-electron chi connectivity index (χ4n) is 2.71. The summed E-state index contributed by atoms with van der Waals surface area (Å²) in [6.07, 6.45) is 0. The number of aromatic carboxylic acids is 1. The van der Waals surface area contributed by atoms with Crippen molar-refractivity contribution in [1.82, 2.24) is 14.5 Å². The molecule has 1 aromatic heterocycles. The van der Waals surface area contributed by atoms with Crippen LogP contribution in [0.4, 0.5) is 0 Å². The van der Waals surface area contributed by atoms with E-state index in [-0.39, 0.29) is 17.8 Å². The van der Waals surface area contributed by atoms with Crippen molar-refractivity contribution in [1.29, 1.82) is 0 Å². The maximum atomic E-state index is 12.9. The van der Waals surface area contributed by atoms with Crippen LogP contribution in [0.5, 0.6) is 0 Å². The summed E-state index contributed by atoms with van der Waals surface area (Å²) in [5.74, 6) is -1.35. The Labute approximate surface area is 147 Å². The molecule has 9 heteroatoms. The number of nitrogens with zero attached hydrogens (tertiary/aromatic N) is 2. The zero-order valence-electron chi connectivity index (χ0n) is 13.2. The highest BCUT2D eigenvalue weighted by Gasteiger charge is 2.22. The quantitative estimate of drug-likeness (QED) is 0.826. The molecule has 2 aromatic rings. The largest absolute Gasteiger partial charge is 0.477 e. The number of H-pyrrole nitrogens is 1. The van der Waals surface area contributed by atoms with Gasteiger partial charge in [0, 0.05) is 24.7 Å². The second-order valence-electron chi connectivity index (χ2n) is 5.59.